The number of hydrogen-bond acceptors (Lipinski definition) is 8. The van der Waals surface area contributed by atoms with Gasteiger partial charge in [-0.1, -0.05) is 49.1 Å². The van der Waals surface area contributed by atoms with Gasteiger partial charge in [0.15, 0.2) is 10.4 Å². The summed E-state index contributed by atoms with van der Waals surface area (Å²) < 4.78 is 32.1. The second-order valence-corrected chi connectivity index (χ2v) is 10.9. The highest BCUT2D eigenvalue weighted by Crippen LogP contribution is 2.34. The average Bonchev–Trinajstić information content (AvgIpc) is 2.89. The van der Waals surface area contributed by atoms with Gasteiger partial charge >= 0.3 is 0 Å². The molecule has 1 amide bonds. The van der Waals surface area contributed by atoms with Gasteiger partial charge in [-0.3, -0.25) is 14.4 Å². The van der Waals surface area contributed by atoms with E-state index in [1.54, 1.807) is 36.0 Å². The third-order valence-electron chi connectivity index (χ3n) is 3.66. The molecule has 0 radical (unpaired) electrons. The van der Waals surface area contributed by atoms with Crippen LogP contribution in [-0.4, -0.2) is 48.7 Å². The van der Waals surface area contributed by atoms with Gasteiger partial charge in [0.1, 0.15) is 5.75 Å². The topological polar surface area (TPSA) is 101 Å². The number of para-hydroxylation sites is 2. The van der Waals surface area contributed by atoms with Gasteiger partial charge in [0.2, 0.25) is 15.2 Å². The Labute approximate surface area is 166 Å². The van der Waals surface area contributed by atoms with Crippen LogP contribution in [0.3, 0.4) is 0 Å². The Hall–Kier alpha value is -1.85. The van der Waals surface area contributed by atoms with E-state index in [-0.39, 0.29) is 18.9 Å². The number of carbonyl (C=O) groups is 1. The van der Waals surface area contributed by atoms with Crippen LogP contribution in [0, 0.1) is 0 Å². The third-order valence-corrected chi connectivity index (χ3v) is 6.77. The number of rotatable bonds is 5. The highest BCUT2D eigenvalue weighted by molar-refractivity contribution is 8.01. The van der Waals surface area contributed by atoms with Gasteiger partial charge in [-0.05, 0) is 12.1 Å². The molecule has 0 saturated carbocycles. The molecule has 146 valence electrons. The van der Waals surface area contributed by atoms with Crippen LogP contribution in [-0.2, 0) is 14.8 Å². The second kappa shape index (κ2) is 8.03. The Morgan fingerprint density at radius 3 is 2.81 bits per heavy atom. The van der Waals surface area contributed by atoms with Gasteiger partial charge in [0, 0.05) is 18.2 Å². The molecule has 2 heterocycles. The number of fused-ring (bicyclic) bond motifs is 1. The summed E-state index contributed by atoms with van der Waals surface area (Å²) in [5.41, 5.74) is 0.432. The van der Waals surface area contributed by atoms with Gasteiger partial charge < -0.3 is 4.74 Å². The van der Waals surface area contributed by atoms with Crippen molar-refractivity contribution in [3.63, 3.8) is 0 Å². The molecular weight excluding hydrogens is 408 g/mol. The fourth-order valence-corrected chi connectivity index (χ4v) is 5.48. The zero-order valence-corrected chi connectivity index (χ0v) is 17.5. The van der Waals surface area contributed by atoms with Crippen LogP contribution >= 0.6 is 23.1 Å². The number of nitrogens with zero attached hydrogens (tertiary/aromatic N) is 3. The molecule has 1 aromatic carbocycles. The number of amides is 1. The number of hydrogen-bond donors (Lipinski definition) is 1. The van der Waals surface area contributed by atoms with Crippen molar-refractivity contribution < 1.29 is 17.9 Å². The second-order valence-electron chi connectivity index (χ2n) is 6.23. The van der Waals surface area contributed by atoms with Gasteiger partial charge in [0.25, 0.3) is 5.91 Å². The number of benzene rings is 1. The lowest BCUT2D eigenvalue weighted by molar-refractivity contribution is -0.122. The number of sulfonamides is 1. The smallest absolute Gasteiger partial charge is 0.267 e. The van der Waals surface area contributed by atoms with Crippen molar-refractivity contribution in [3.8, 4) is 5.75 Å². The summed E-state index contributed by atoms with van der Waals surface area (Å²) in [6, 6.07) is 6.79. The van der Waals surface area contributed by atoms with E-state index in [2.05, 4.69) is 29.4 Å². The van der Waals surface area contributed by atoms with E-state index in [0.717, 1.165) is 10.6 Å². The number of nitrogens with one attached hydrogen (secondary N) is 1. The number of carbonyl (C=O) groups excluding carboxylic acids is 1. The highest BCUT2D eigenvalue weighted by Gasteiger charge is 2.31. The zero-order chi connectivity index (χ0) is 19.6. The third kappa shape index (κ3) is 4.90. The lowest BCUT2D eigenvalue weighted by atomic mass is 10.2. The average molecular weight is 429 g/mol. The molecule has 27 heavy (non-hydrogen) atoms. The zero-order valence-electron chi connectivity index (χ0n) is 15.1. The lowest BCUT2D eigenvalue weighted by Gasteiger charge is -2.20. The predicted molar refractivity (Wildman–Crippen MR) is 107 cm³/mol. The Morgan fingerprint density at radius 1 is 1.37 bits per heavy atom. The van der Waals surface area contributed by atoms with Crippen LogP contribution < -0.4 is 14.4 Å². The van der Waals surface area contributed by atoms with Crippen LogP contribution in [0.1, 0.15) is 20.3 Å². The minimum Gasteiger partial charge on any atom is -0.478 e. The molecular formula is C16H20N4O4S3. The molecule has 0 unspecified atom stereocenters. The minimum absolute atomic E-state index is 0.151. The summed E-state index contributed by atoms with van der Waals surface area (Å²) in [4.78, 5) is 12.6. The van der Waals surface area contributed by atoms with Crippen molar-refractivity contribution in [1.82, 2.24) is 10.2 Å². The van der Waals surface area contributed by atoms with E-state index in [1.807, 2.05) is 0 Å². The normalized spacial score (nSPS) is 17.2. The van der Waals surface area contributed by atoms with Crippen molar-refractivity contribution in [2.75, 3.05) is 22.4 Å². The van der Waals surface area contributed by atoms with E-state index in [1.165, 1.54) is 15.6 Å². The largest absolute Gasteiger partial charge is 0.478 e. The quantitative estimate of drug-likeness (QED) is 0.577. The molecule has 1 atom stereocenters. The highest BCUT2D eigenvalue weighted by atomic mass is 32.2. The maximum absolute atomic E-state index is 12.6. The van der Waals surface area contributed by atoms with E-state index in [9.17, 15) is 13.2 Å². The van der Waals surface area contributed by atoms with Crippen LogP contribution in [0.4, 0.5) is 10.8 Å². The summed E-state index contributed by atoms with van der Waals surface area (Å²) in [7, 11) is -3.48. The van der Waals surface area contributed by atoms with Gasteiger partial charge in [-0.15, -0.1) is 10.2 Å². The molecule has 0 saturated heterocycles. The molecule has 1 aliphatic heterocycles. The first-order valence-corrected chi connectivity index (χ1v) is 11.8. The first kappa shape index (κ1) is 19.9. The van der Waals surface area contributed by atoms with Crippen molar-refractivity contribution >= 4 is 49.8 Å². The van der Waals surface area contributed by atoms with Crippen molar-refractivity contribution in [1.29, 1.82) is 0 Å². The summed E-state index contributed by atoms with van der Waals surface area (Å²) in [6.07, 6.45) is 0.530. The standard InChI is InChI=1S/C16H20N4O4S3/c1-10(2)25-16-19-18-15(26-16)17-14(21)13-8-9-20(27(3,22)23)11-6-4-5-7-12(11)24-13/h4-7,10,13H,8-9H2,1-3H3,(H,17,18,21)/t13-/m0/s1. The molecule has 1 aliphatic rings. The van der Waals surface area contributed by atoms with E-state index >= 15 is 0 Å². The lowest BCUT2D eigenvalue weighted by Crippen LogP contribution is -2.35. The first-order valence-electron chi connectivity index (χ1n) is 8.28. The van der Waals surface area contributed by atoms with E-state index < -0.39 is 16.1 Å². The summed E-state index contributed by atoms with van der Waals surface area (Å²) in [5.74, 6) is -0.0220. The maximum Gasteiger partial charge on any atom is 0.267 e. The molecule has 8 nitrogen and oxygen atoms in total. The van der Waals surface area contributed by atoms with Crippen molar-refractivity contribution in [2.45, 2.75) is 36.0 Å². The molecule has 3 rings (SSSR count). The number of ether oxygens (including phenoxy) is 1. The SMILES string of the molecule is CC(C)Sc1nnc(NC(=O)[C@@H]2CCN(S(C)(=O)=O)c3ccccc3O2)s1. The minimum atomic E-state index is -3.48. The van der Waals surface area contributed by atoms with Crippen LogP contribution in [0.5, 0.6) is 5.75 Å². The summed E-state index contributed by atoms with van der Waals surface area (Å²) in [6.45, 7) is 4.25. The summed E-state index contributed by atoms with van der Waals surface area (Å²) in [5, 5.41) is 11.5. The van der Waals surface area contributed by atoms with Gasteiger partial charge in [-0.25, -0.2) is 8.42 Å². The Kier molecular flexibility index (Phi) is 5.92. The fraction of sp³-hybridized carbons (Fsp3) is 0.438. The summed E-state index contributed by atoms with van der Waals surface area (Å²) >= 11 is 2.86. The monoisotopic (exact) mass is 428 g/mol. The van der Waals surface area contributed by atoms with Gasteiger partial charge in [0.05, 0.1) is 11.9 Å². The van der Waals surface area contributed by atoms with Crippen LogP contribution in [0.25, 0.3) is 0 Å². The molecule has 1 N–H and O–H groups in total. The number of aromatic nitrogens is 2. The fourth-order valence-electron chi connectivity index (χ4n) is 2.55. The number of anilines is 2. The maximum atomic E-state index is 12.6. The number of thioether (sulfide) groups is 1. The van der Waals surface area contributed by atoms with E-state index in [4.69, 9.17) is 4.74 Å². The first-order chi connectivity index (χ1) is 12.7. The van der Waals surface area contributed by atoms with Crippen molar-refractivity contribution in [2.24, 2.45) is 0 Å². The molecule has 0 spiro atoms. The predicted octanol–water partition coefficient (Wildman–Crippen LogP) is 2.59. The molecule has 1 aromatic heterocycles. The molecule has 0 fully saturated rings. The van der Waals surface area contributed by atoms with Crippen LogP contribution in [0.15, 0.2) is 28.6 Å². The Bertz CT molecular complexity index is 929. The Morgan fingerprint density at radius 2 is 2.11 bits per heavy atom. The molecule has 2 aromatic rings. The Balaban J connectivity index is 1.76. The molecule has 0 aliphatic carbocycles. The molecule has 0 bridgehead atoms. The van der Waals surface area contributed by atoms with Crippen LogP contribution in [0.2, 0.25) is 0 Å². The molecule has 11 heteroatoms. The van der Waals surface area contributed by atoms with Gasteiger partial charge in [-0.2, -0.15) is 0 Å². The van der Waals surface area contributed by atoms with Crippen molar-refractivity contribution in [3.05, 3.63) is 24.3 Å². The van der Waals surface area contributed by atoms with E-state index in [0.29, 0.717) is 21.8 Å².